The molecule has 2 aromatic rings. The van der Waals surface area contributed by atoms with Crippen LogP contribution in [0.15, 0.2) is 42.5 Å². The molecule has 0 aliphatic carbocycles. The van der Waals surface area contributed by atoms with Crippen LogP contribution in [0.1, 0.15) is 25.0 Å². The highest BCUT2D eigenvalue weighted by atomic mass is 19.1. The van der Waals surface area contributed by atoms with Gasteiger partial charge in [-0.2, -0.15) is 0 Å². The van der Waals surface area contributed by atoms with E-state index in [0.717, 1.165) is 18.2 Å². The Bertz CT molecular complexity index is 570. The van der Waals surface area contributed by atoms with Crippen molar-refractivity contribution in [2.45, 2.75) is 19.4 Å². The van der Waals surface area contributed by atoms with Crippen LogP contribution in [-0.2, 0) is 0 Å². The lowest BCUT2D eigenvalue weighted by Gasteiger charge is -2.15. The smallest absolute Gasteiger partial charge is 0.165 e. The second kappa shape index (κ2) is 5.80. The van der Waals surface area contributed by atoms with Gasteiger partial charge in [-0.25, -0.2) is 8.78 Å². The van der Waals surface area contributed by atoms with Crippen LogP contribution in [0.5, 0.6) is 11.5 Å². The highest BCUT2D eigenvalue weighted by Gasteiger charge is 2.13. The van der Waals surface area contributed by atoms with Gasteiger partial charge in [0.15, 0.2) is 11.6 Å². The molecule has 1 atom stereocenters. The van der Waals surface area contributed by atoms with Crippen molar-refractivity contribution in [1.82, 2.24) is 0 Å². The monoisotopic (exact) mass is 264 g/mol. The van der Waals surface area contributed by atoms with Crippen LogP contribution in [0.3, 0.4) is 0 Å². The van der Waals surface area contributed by atoms with E-state index in [9.17, 15) is 13.9 Å². The summed E-state index contributed by atoms with van der Waals surface area (Å²) < 4.78 is 32.0. The van der Waals surface area contributed by atoms with Crippen LogP contribution < -0.4 is 4.74 Å². The number of halogens is 2. The summed E-state index contributed by atoms with van der Waals surface area (Å²) in [4.78, 5) is 0. The molecule has 100 valence electrons. The maximum atomic E-state index is 13.5. The number of aliphatic hydroxyl groups excluding tert-OH is 1. The summed E-state index contributed by atoms with van der Waals surface area (Å²) in [6.45, 7) is 1.82. The summed E-state index contributed by atoms with van der Waals surface area (Å²) in [6.07, 6.45) is -0.195. The predicted octanol–water partition coefficient (Wildman–Crippen LogP) is 4.20. The van der Waals surface area contributed by atoms with Crippen molar-refractivity contribution < 1.29 is 18.6 Å². The van der Waals surface area contributed by atoms with Gasteiger partial charge < -0.3 is 9.84 Å². The highest BCUT2D eigenvalue weighted by Crippen LogP contribution is 2.32. The Labute approximate surface area is 110 Å². The fourth-order valence-corrected chi connectivity index (χ4v) is 1.74. The zero-order valence-corrected chi connectivity index (χ0v) is 10.4. The Hall–Kier alpha value is -1.94. The van der Waals surface area contributed by atoms with Crippen LogP contribution in [0.2, 0.25) is 0 Å². The van der Waals surface area contributed by atoms with Crippen molar-refractivity contribution in [3.63, 3.8) is 0 Å². The number of rotatable bonds is 4. The summed E-state index contributed by atoms with van der Waals surface area (Å²) >= 11 is 0. The van der Waals surface area contributed by atoms with Crippen molar-refractivity contribution in [2.24, 2.45) is 0 Å². The minimum absolute atomic E-state index is 0.198. The van der Waals surface area contributed by atoms with Gasteiger partial charge in [0, 0.05) is 11.6 Å². The predicted molar refractivity (Wildman–Crippen MR) is 68.1 cm³/mol. The highest BCUT2D eigenvalue weighted by molar-refractivity contribution is 5.39. The molecule has 0 amide bonds. The lowest BCUT2D eigenvalue weighted by atomic mass is 10.1. The number of aliphatic hydroxyl groups is 1. The quantitative estimate of drug-likeness (QED) is 0.896. The minimum atomic E-state index is -0.701. The van der Waals surface area contributed by atoms with Gasteiger partial charge in [-0.3, -0.25) is 0 Å². The summed E-state index contributed by atoms with van der Waals surface area (Å²) in [6, 6.07) is 9.77. The normalized spacial score (nSPS) is 12.2. The molecule has 19 heavy (non-hydrogen) atoms. The Kier molecular flexibility index (Phi) is 4.12. The van der Waals surface area contributed by atoms with Gasteiger partial charge in [0.2, 0.25) is 0 Å². The van der Waals surface area contributed by atoms with Gasteiger partial charge in [-0.15, -0.1) is 0 Å². The first-order valence-electron chi connectivity index (χ1n) is 6.01. The maximum absolute atomic E-state index is 13.5. The fourth-order valence-electron chi connectivity index (χ4n) is 1.74. The van der Waals surface area contributed by atoms with Crippen molar-refractivity contribution in [3.05, 3.63) is 59.7 Å². The molecule has 0 heterocycles. The van der Waals surface area contributed by atoms with Gasteiger partial charge in [0.25, 0.3) is 0 Å². The second-order valence-corrected chi connectivity index (χ2v) is 4.14. The van der Waals surface area contributed by atoms with E-state index >= 15 is 0 Å². The largest absolute Gasteiger partial charge is 0.454 e. The topological polar surface area (TPSA) is 29.5 Å². The molecule has 0 unspecified atom stereocenters. The van der Waals surface area contributed by atoms with E-state index in [2.05, 4.69) is 0 Å². The van der Waals surface area contributed by atoms with Crippen LogP contribution >= 0.6 is 0 Å². The number of para-hydroxylation sites is 1. The molecule has 2 rings (SSSR count). The first kappa shape index (κ1) is 13.5. The zero-order valence-electron chi connectivity index (χ0n) is 10.4. The minimum Gasteiger partial charge on any atom is -0.454 e. The van der Waals surface area contributed by atoms with Crippen molar-refractivity contribution in [3.8, 4) is 11.5 Å². The van der Waals surface area contributed by atoms with Crippen molar-refractivity contribution >= 4 is 0 Å². The molecular weight excluding hydrogens is 250 g/mol. The first-order chi connectivity index (χ1) is 9.11. The third kappa shape index (κ3) is 3.09. The SMILES string of the molecule is CC[C@H](O)c1ccccc1Oc1cc(F)ccc1F. The van der Waals surface area contributed by atoms with E-state index in [1.54, 1.807) is 24.3 Å². The van der Waals surface area contributed by atoms with E-state index in [1.165, 1.54) is 0 Å². The van der Waals surface area contributed by atoms with Crippen LogP contribution in [0.4, 0.5) is 8.78 Å². The molecule has 2 nitrogen and oxygen atoms in total. The molecule has 0 spiro atoms. The van der Waals surface area contributed by atoms with Crippen LogP contribution in [0.25, 0.3) is 0 Å². The third-order valence-corrected chi connectivity index (χ3v) is 2.78. The Balaban J connectivity index is 2.35. The molecule has 2 aromatic carbocycles. The summed E-state index contributed by atoms with van der Waals surface area (Å²) in [5, 5.41) is 9.86. The van der Waals surface area contributed by atoms with Crippen molar-refractivity contribution in [2.75, 3.05) is 0 Å². The molecule has 4 heteroatoms. The fraction of sp³-hybridized carbons (Fsp3) is 0.200. The first-order valence-corrected chi connectivity index (χ1v) is 6.01. The number of hydrogen-bond donors (Lipinski definition) is 1. The van der Waals surface area contributed by atoms with E-state index in [4.69, 9.17) is 4.74 Å². The van der Waals surface area contributed by atoms with Gasteiger partial charge in [-0.1, -0.05) is 25.1 Å². The Morgan fingerprint density at radius 3 is 2.58 bits per heavy atom. The standard InChI is InChI=1S/C15H14F2O2/c1-2-13(18)11-5-3-4-6-14(11)19-15-9-10(16)7-8-12(15)17/h3-9,13,18H,2H2,1H3/t13-/m0/s1. The van der Waals surface area contributed by atoms with Gasteiger partial charge >= 0.3 is 0 Å². The van der Waals surface area contributed by atoms with Gasteiger partial charge in [0.05, 0.1) is 6.10 Å². The van der Waals surface area contributed by atoms with Gasteiger partial charge in [-0.05, 0) is 24.6 Å². The number of hydrogen-bond acceptors (Lipinski definition) is 2. The molecule has 0 saturated heterocycles. The lowest BCUT2D eigenvalue weighted by molar-refractivity contribution is 0.170. The molecule has 0 aromatic heterocycles. The van der Waals surface area contributed by atoms with E-state index < -0.39 is 17.7 Å². The average molecular weight is 264 g/mol. The summed E-state index contributed by atoms with van der Waals surface area (Å²) in [7, 11) is 0. The molecule has 0 saturated carbocycles. The third-order valence-electron chi connectivity index (χ3n) is 2.78. The molecule has 1 N–H and O–H groups in total. The summed E-state index contributed by atoms with van der Waals surface area (Å²) in [5.74, 6) is -1.11. The molecule has 0 fully saturated rings. The molecular formula is C15H14F2O2. The second-order valence-electron chi connectivity index (χ2n) is 4.14. The molecule has 0 bridgehead atoms. The maximum Gasteiger partial charge on any atom is 0.165 e. The molecule has 0 aliphatic rings. The van der Waals surface area contributed by atoms with Crippen LogP contribution in [-0.4, -0.2) is 5.11 Å². The van der Waals surface area contributed by atoms with Gasteiger partial charge in [0.1, 0.15) is 11.6 Å². The Morgan fingerprint density at radius 1 is 1.11 bits per heavy atom. The van der Waals surface area contributed by atoms with Crippen LogP contribution in [0, 0.1) is 11.6 Å². The summed E-state index contributed by atoms with van der Waals surface area (Å²) in [5.41, 5.74) is 0.550. The zero-order chi connectivity index (χ0) is 13.8. The lowest BCUT2D eigenvalue weighted by Crippen LogP contribution is -1.99. The van der Waals surface area contributed by atoms with E-state index in [1.807, 2.05) is 6.92 Å². The molecule has 0 radical (unpaired) electrons. The van der Waals surface area contributed by atoms with E-state index in [-0.39, 0.29) is 5.75 Å². The Morgan fingerprint density at radius 2 is 1.84 bits per heavy atom. The average Bonchev–Trinajstić information content (AvgIpc) is 2.42. The molecule has 0 aliphatic heterocycles. The number of benzene rings is 2. The van der Waals surface area contributed by atoms with Crippen molar-refractivity contribution in [1.29, 1.82) is 0 Å². The van der Waals surface area contributed by atoms with E-state index in [0.29, 0.717) is 17.7 Å². The number of ether oxygens (including phenoxy) is 1.